The van der Waals surface area contributed by atoms with Gasteiger partial charge < -0.3 is 5.32 Å². The zero-order valence-electron chi connectivity index (χ0n) is 10.2. The summed E-state index contributed by atoms with van der Waals surface area (Å²) in [5.41, 5.74) is 1.22. The lowest BCUT2D eigenvalue weighted by atomic mass is 10.1. The lowest BCUT2D eigenvalue weighted by Crippen LogP contribution is -2.35. The van der Waals surface area contributed by atoms with Crippen molar-refractivity contribution in [1.82, 2.24) is 10.2 Å². The maximum Gasteiger partial charge on any atom is 0.0595 e. The van der Waals surface area contributed by atoms with Crippen LogP contribution >= 0.6 is 23.2 Å². The van der Waals surface area contributed by atoms with Crippen molar-refractivity contribution in [2.24, 2.45) is 0 Å². The molecule has 2 nitrogen and oxygen atoms in total. The van der Waals surface area contributed by atoms with Gasteiger partial charge in [0, 0.05) is 18.6 Å². The maximum absolute atomic E-state index is 6.06. The van der Waals surface area contributed by atoms with Crippen molar-refractivity contribution >= 4 is 23.2 Å². The number of rotatable bonds is 3. The molecule has 2 unspecified atom stereocenters. The first-order valence-corrected chi connectivity index (χ1v) is 6.73. The Balaban J connectivity index is 2.12. The molecule has 0 bridgehead atoms. The van der Waals surface area contributed by atoms with Gasteiger partial charge in [-0.3, -0.25) is 4.90 Å². The fraction of sp³-hybridized carbons (Fsp3) is 0.538. The van der Waals surface area contributed by atoms with E-state index in [4.69, 9.17) is 23.2 Å². The first-order valence-electron chi connectivity index (χ1n) is 5.97. The molecule has 2 atom stereocenters. The van der Waals surface area contributed by atoms with Crippen LogP contribution in [0.2, 0.25) is 10.0 Å². The van der Waals surface area contributed by atoms with E-state index in [1.54, 1.807) is 0 Å². The van der Waals surface area contributed by atoms with Gasteiger partial charge in [0.2, 0.25) is 0 Å². The molecule has 0 radical (unpaired) electrons. The third kappa shape index (κ3) is 2.94. The van der Waals surface area contributed by atoms with Crippen LogP contribution < -0.4 is 5.32 Å². The molecule has 0 aliphatic carbocycles. The lowest BCUT2D eigenvalue weighted by molar-refractivity contribution is 0.197. The fourth-order valence-corrected chi connectivity index (χ4v) is 2.62. The van der Waals surface area contributed by atoms with E-state index in [2.05, 4.69) is 30.3 Å². The summed E-state index contributed by atoms with van der Waals surface area (Å²) < 4.78 is 0. The molecule has 1 fully saturated rings. The Kier molecular flexibility index (Phi) is 4.31. The van der Waals surface area contributed by atoms with Gasteiger partial charge in [0.15, 0.2) is 0 Å². The first-order chi connectivity index (χ1) is 8.09. The van der Waals surface area contributed by atoms with Crippen LogP contribution in [0.5, 0.6) is 0 Å². The smallest absolute Gasteiger partial charge is 0.0595 e. The van der Waals surface area contributed by atoms with Gasteiger partial charge in [-0.25, -0.2) is 0 Å². The number of nitrogens with one attached hydrogen (secondary N) is 1. The highest BCUT2D eigenvalue weighted by Crippen LogP contribution is 2.29. The van der Waals surface area contributed by atoms with E-state index in [1.807, 2.05) is 12.1 Å². The highest BCUT2D eigenvalue weighted by atomic mass is 35.5. The summed E-state index contributed by atoms with van der Waals surface area (Å²) in [4.78, 5) is 2.40. The highest BCUT2D eigenvalue weighted by Gasteiger charge is 2.23. The third-order valence-electron chi connectivity index (χ3n) is 3.65. The summed E-state index contributed by atoms with van der Waals surface area (Å²) in [7, 11) is 2.17. The average molecular weight is 273 g/mol. The second-order valence-corrected chi connectivity index (χ2v) is 5.48. The predicted molar refractivity (Wildman–Crippen MR) is 73.9 cm³/mol. The van der Waals surface area contributed by atoms with Crippen LogP contribution in [-0.2, 0) is 0 Å². The Morgan fingerprint density at radius 1 is 1.35 bits per heavy atom. The molecule has 4 heteroatoms. The second-order valence-electron chi connectivity index (χ2n) is 4.66. The van der Waals surface area contributed by atoms with Crippen molar-refractivity contribution in [3.63, 3.8) is 0 Å². The molecule has 1 aliphatic heterocycles. The van der Waals surface area contributed by atoms with Gasteiger partial charge in [-0.1, -0.05) is 29.3 Å². The summed E-state index contributed by atoms with van der Waals surface area (Å²) >= 11 is 12.0. The summed E-state index contributed by atoms with van der Waals surface area (Å²) in [5, 5.41) is 4.64. The van der Waals surface area contributed by atoms with E-state index >= 15 is 0 Å². The van der Waals surface area contributed by atoms with E-state index in [9.17, 15) is 0 Å². The van der Waals surface area contributed by atoms with Crippen molar-refractivity contribution < 1.29 is 0 Å². The van der Waals surface area contributed by atoms with Gasteiger partial charge in [0.05, 0.1) is 10.0 Å². The number of halogens is 2. The Hall–Kier alpha value is -0.280. The number of hydrogen-bond donors (Lipinski definition) is 1. The van der Waals surface area contributed by atoms with Gasteiger partial charge in [-0.2, -0.15) is 0 Å². The Morgan fingerprint density at radius 2 is 2.12 bits per heavy atom. The Morgan fingerprint density at radius 3 is 2.71 bits per heavy atom. The van der Waals surface area contributed by atoms with Gasteiger partial charge in [-0.05, 0) is 44.6 Å². The van der Waals surface area contributed by atoms with Gasteiger partial charge in [0.25, 0.3) is 0 Å². The molecular formula is C13H18Cl2N2. The zero-order valence-corrected chi connectivity index (χ0v) is 11.7. The molecule has 0 saturated carbocycles. The van der Waals surface area contributed by atoms with E-state index in [1.165, 1.54) is 12.0 Å². The molecule has 1 aliphatic rings. The zero-order chi connectivity index (χ0) is 12.4. The molecule has 1 aromatic carbocycles. The van der Waals surface area contributed by atoms with E-state index < -0.39 is 0 Å². The molecule has 1 aromatic rings. The van der Waals surface area contributed by atoms with Crippen molar-refractivity contribution in [1.29, 1.82) is 0 Å². The minimum Gasteiger partial charge on any atom is -0.315 e. The molecular weight excluding hydrogens is 255 g/mol. The van der Waals surface area contributed by atoms with Crippen molar-refractivity contribution in [3.05, 3.63) is 33.8 Å². The monoisotopic (exact) mass is 272 g/mol. The first kappa shape index (κ1) is 13.2. The minimum absolute atomic E-state index is 0.356. The van der Waals surface area contributed by atoms with Gasteiger partial charge in [-0.15, -0.1) is 0 Å². The Bertz CT molecular complexity index is 389. The minimum atomic E-state index is 0.356. The maximum atomic E-state index is 6.06. The van der Waals surface area contributed by atoms with Crippen LogP contribution in [0.15, 0.2) is 18.2 Å². The lowest BCUT2D eigenvalue weighted by Gasteiger charge is -2.30. The van der Waals surface area contributed by atoms with Gasteiger partial charge in [0.1, 0.15) is 0 Å². The topological polar surface area (TPSA) is 15.3 Å². The van der Waals surface area contributed by atoms with E-state index in [0.29, 0.717) is 22.1 Å². The van der Waals surface area contributed by atoms with Crippen LogP contribution in [0.4, 0.5) is 0 Å². The van der Waals surface area contributed by atoms with Crippen molar-refractivity contribution in [2.75, 3.05) is 20.1 Å². The normalized spacial score (nSPS) is 22.1. The molecule has 1 N–H and O–H groups in total. The molecule has 94 valence electrons. The molecule has 2 rings (SSSR count). The van der Waals surface area contributed by atoms with Crippen molar-refractivity contribution in [3.8, 4) is 0 Å². The van der Waals surface area contributed by atoms with Crippen LogP contribution in [0.1, 0.15) is 24.9 Å². The molecule has 0 amide bonds. The predicted octanol–water partition coefficient (Wildman–Crippen LogP) is 3.35. The summed E-state index contributed by atoms with van der Waals surface area (Å²) in [6.07, 6.45) is 1.21. The standard InChI is InChI=1S/C13H18Cl2N2/c1-9(17(2)11-5-6-16-8-11)10-3-4-12(14)13(15)7-10/h3-4,7,9,11,16H,5-6,8H2,1-2H3. The molecule has 17 heavy (non-hydrogen) atoms. The average Bonchev–Trinajstić information content (AvgIpc) is 2.84. The van der Waals surface area contributed by atoms with E-state index in [0.717, 1.165) is 13.1 Å². The molecule has 1 saturated heterocycles. The summed E-state index contributed by atoms with van der Waals surface area (Å²) in [6, 6.07) is 6.86. The largest absolute Gasteiger partial charge is 0.315 e. The fourth-order valence-electron chi connectivity index (χ4n) is 2.31. The number of hydrogen-bond acceptors (Lipinski definition) is 2. The molecule has 0 spiro atoms. The summed E-state index contributed by atoms with van der Waals surface area (Å²) in [5.74, 6) is 0. The van der Waals surface area contributed by atoms with E-state index in [-0.39, 0.29) is 0 Å². The second kappa shape index (κ2) is 5.57. The SMILES string of the molecule is CC(c1ccc(Cl)c(Cl)c1)N(C)C1CCNC1. The third-order valence-corrected chi connectivity index (χ3v) is 4.39. The van der Waals surface area contributed by atoms with Crippen LogP contribution in [-0.4, -0.2) is 31.1 Å². The molecule has 0 aromatic heterocycles. The van der Waals surface area contributed by atoms with Crippen LogP contribution in [0, 0.1) is 0 Å². The van der Waals surface area contributed by atoms with Crippen molar-refractivity contribution in [2.45, 2.75) is 25.4 Å². The van der Waals surface area contributed by atoms with Gasteiger partial charge >= 0.3 is 0 Å². The summed E-state index contributed by atoms with van der Waals surface area (Å²) in [6.45, 7) is 4.39. The Labute approximate surface area is 113 Å². The van der Waals surface area contributed by atoms with Crippen LogP contribution in [0.25, 0.3) is 0 Å². The quantitative estimate of drug-likeness (QED) is 0.908. The molecule has 1 heterocycles. The number of benzene rings is 1. The highest BCUT2D eigenvalue weighted by molar-refractivity contribution is 6.42. The van der Waals surface area contributed by atoms with Crippen LogP contribution in [0.3, 0.4) is 0 Å². The number of nitrogens with zero attached hydrogens (tertiary/aromatic N) is 1. The number of likely N-dealkylation sites (N-methyl/N-ethyl adjacent to an activating group) is 1.